The summed E-state index contributed by atoms with van der Waals surface area (Å²) in [7, 11) is 0. The molecule has 4 rings (SSSR count). The van der Waals surface area contributed by atoms with Crippen LogP contribution in [-0.2, 0) is 4.79 Å². The third kappa shape index (κ3) is 4.16. The molecule has 2 aliphatic rings. The van der Waals surface area contributed by atoms with Gasteiger partial charge in [-0.15, -0.1) is 0 Å². The number of rotatable bonds is 3. The first kappa shape index (κ1) is 19.5. The number of nitrogens with zero attached hydrogens (tertiary/aromatic N) is 3. The van der Waals surface area contributed by atoms with Gasteiger partial charge in [-0.25, -0.2) is 10.9 Å². The lowest BCUT2D eigenvalue weighted by Crippen LogP contribution is -2.54. The number of benzene rings is 1. The first-order valence-corrected chi connectivity index (χ1v) is 10.1. The van der Waals surface area contributed by atoms with E-state index in [2.05, 4.69) is 15.8 Å². The van der Waals surface area contributed by atoms with Crippen molar-refractivity contribution >= 4 is 11.8 Å². The Balaban J connectivity index is 1.32. The van der Waals surface area contributed by atoms with Gasteiger partial charge in [-0.3, -0.25) is 14.6 Å². The average Bonchev–Trinajstić information content (AvgIpc) is 3.26. The SMILES string of the molecule is Cc1ccc(C(=O)N2CCN(C(=O)C3CC(c4cccnc4)NN3)CC2)cc1C. The molecule has 0 bridgehead atoms. The van der Waals surface area contributed by atoms with Crippen molar-refractivity contribution in [1.29, 1.82) is 0 Å². The fourth-order valence-corrected chi connectivity index (χ4v) is 3.93. The van der Waals surface area contributed by atoms with Gasteiger partial charge in [0.25, 0.3) is 5.91 Å². The maximum Gasteiger partial charge on any atom is 0.253 e. The highest BCUT2D eigenvalue weighted by Gasteiger charge is 2.34. The summed E-state index contributed by atoms with van der Waals surface area (Å²) in [5, 5.41) is 0. The number of carbonyl (C=O) groups is 2. The van der Waals surface area contributed by atoms with Crippen molar-refractivity contribution in [3.05, 3.63) is 65.0 Å². The lowest BCUT2D eigenvalue weighted by atomic mass is 10.0. The second-order valence-electron chi connectivity index (χ2n) is 7.83. The van der Waals surface area contributed by atoms with Gasteiger partial charge < -0.3 is 9.80 Å². The van der Waals surface area contributed by atoms with Crippen molar-refractivity contribution < 1.29 is 9.59 Å². The maximum atomic E-state index is 12.9. The minimum atomic E-state index is -0.262. The average molecular weight is 393 g/mol. The molecular weight excluding hydrogens is 366 g/mol. The van der Waals surface area contributed by atoms with E-state index in [-0.39, 0.29) is 23.9 Å². The lowest BCUT2D eigenvalue weighted by molar-refractivity contribution is -0.134. The first-order valence-electron chi connectivity index (χ1n) is 10.1. The summed E-state index contributed by atoms with van der Waals surface area (Å²) >= 11 is 0. The van der Waals surface area contributed by atoms with E-state index in [4.69, 9.17) is 0 Å². The molecule has 2 atom stereocenters. The van der Waals surface area contributed by atoms with Crippen molar-refractivity contribution in [2.75, 3.05) is 26.2 Å². The van der Waals surface area contributed by atoms with Crippen LogP contribution in [-0.4, -0.2) is 58.8 Å². The molecule has 3 heterocycles. The summed E-state index contributed by atoms with van der Waals surface area (Å²) in [6.07, 6.45) is 4.25. The van der Waals surface area contributed by atoms with Crippen molar-refractivity contribution in [3.8, 4) is 0 Å². The topological polar surface area (TPSA) is 77.6 Å². The Labute approximate surface area is 171 Å². The highest BCUT2D eigenvalue weighted by Crippen LogP contribution is 2.23. The third-order valence-electron chi connectivity index (χ3n) is 5.92. The summed E-state index contributed by atoms with van der Waals surface area (Å²) in [6.45, 7) is 6.30. The summed E-state index contributed by atoms with van der Waals surface area (Å²) < 4.78 is 0. The van der Waals surface area contributed by atoms with Crippen molar-refractivity contribution in [1.82, 2.24) is 25.6 Å². The summed E-state index contributed by atoms with van der Waals surface area (Å²) in [6, 6.07) is 9.54. The fourth-order valence-electron chi connectivity index (χ4n) is 3.93. The van der Waals surface area contributed by atoms with Gasteiger partial charge in [-0.2, -0.15) is 0 Å². The lowest BCUT2D eigenvalue weighted by Gasteiger charge is -2.36. The summed E-state index contributed by atoms with van der Waals surface area (Å²) in [5.41, 5.74) is 10.4. The van der Waals surface area contributed by atoms with Crippen LogP contribution in [0.25, 0.3) is 0 Å². The Morgan fingerprint density at radius 1 is 1.00 bits per heavy atom. The minimum absolute atomic E-state index is 0.0394. The smallest absolute Gasteiger partial charge is 0.253 e. The number of pyridine rings is 1. The molecule has 0 saturated carbocycles. The summed E-state index contributed by atoms with van der Waals surface area (Å²) in [5.74, 6) is 0.125. The molecule has 0 spiro atoms. The first-order chi connectivity index (χ1) is 14.0. The number of piperazine rings is 1. The molecule has 2 aliphatic heterocycles. The van der Waals surface area contributed by atoms with Crippen LogP contribution in [0.5, 0.6) is 0 Å². The number of hydrogen-bond donors (Lipinski definition) is 2. The zero-order chi connectivity index (χ0) is 20.4. The largest absolute Gasteiger partial charge is 0.338 e. The Hall–Kier alpha value is -2.77. The van der Waals surface area contributed by atoms with E-state index in [1.54, 1.807) is 6.20 Å². The van der Waals surface area contributed by atoms with E-state index in [1.165, 1.54) is 5.56 Å². The Morgan fingerprint density at radius 2 is 1.76 bits per heavy atom. The molecule has 2 unspecified atom stereocenters. The van der Waals surface area contributed by atoms with Crippen molar-refractivity contribution in [2.24, 2.45) is 0 Å². The molecule has 29 heavy (non-hydrogen) atoms. The maximum absolute atomic E-state index is 12.9. The monoisotopic (exact) mass is 393 g/mol. The molecule has 1 aromatic carbocycles. The van der Waals surface area contributed by atoms with Crippen LogP contribution >= 0.6 is 0 Å². The second-order valence-corrected chi connectivity index (χ2v) is 7.83. The number of hydrogen-bond acceptors (Lipinski definition) is 5. The van der Waals surface area contributed by atoms with E-state index in [0.717, 1.165) is 11.1 Å². The van der Waals surface area contributed by atoms with Gasteiger partial charge in [0.15, 0.2) is 0 Å². The molecule has 2 amide bonds. The quantitative estimate of drug-likeness (QED) is 0.828. The predicted octanol–water partition coefficient (Wildman–Crippen LogP) is 1.59. The number of amides is 2. The highest BCUT2D eigenvalue weighted by atomic mass is 16.2. The standard InChI is InChI=1S/C22H27N5O2/c1-15-5-6-17(12-16(15)2)21(28)26-8-10-27(11-9-26)22(29)20-13-19(24-25-20)18-4-3-7-23-14-18/h3-7,12,14,19-20,24-25H,8-11,13H2,1-2H3. The normalized spacial score (nSPS) is 22.0. The van der Waals surface area contributed by atoms with Gasteiger partial charge >= 0.3 is 0 Å². The zero-order valence-corrected chi connectivity index (χ0v) is 16.9. The van der Waals surface area contributed by atoms with Crippen LogP contribution in [0.15, 0.2) is 42.7 Å². The van der Waals surface area contributed by atoms with E-state index in [1.807, 2.05) is 60.2 Å². The van der Waals surface area contributed by atoms with Crippen LogP contribution in [0.2, 0.25) is 0 Å². The molecule has 0 aliphatic carbocycles. The van der Waals surface area contributed by atoms with Gasteiger partial charge in [-0.05, 0) is 55.2 Å². The highest BCUT2D eigenvalue weighted by molar-refractivity contribution is 5.94. The molecular formula is C22H27N5O2. The van der Waals surface area contributed by atoms with Crippen LogP contribution in [0.4, 0.5) is 0 Å². The molecule has 0 radical (unpaired) electrons. The van der Waals surface area contributed by atoms with Crippen LogP contribution in [0, 0.1) is 13.8 Å². The molecule has 2 saturated heterocycles. The number of aromatic nitrogens is 1. The van der Waals surface area contributed by atoms with E-state index >= 15 is 0 Å². The molecule has 2 aromatic rings. The number of carbonyl (C=O) groups excluding carboxylic acids is 2. The Bertz CT molecular complexity index is 893. The molecule has 152 valence electrons. The number of hydrazine groups is 1. The molecule has 1 aromatic heterocycles. The van der Waals surface area contributed by atoms with Gasteiger partial charge in [0.05, 0.1) is 0 Å². The molecule has 7 heteroatoms. The van der Waals surface area contributed by atoms with Crippen LogP contribution < -0.4 is 10.9 Å². The van der Waals surface area contributed by atoms with Gasteiger partial charge in [0.2, 0.25) is 5.91 Å². The Kier molecular flexibility index (Phi) is 5.60. The zero-order valence-electron chi connectivity index (χ0n) is 16.9. The van der Waals surface area contributed by atoms with Gasteiger partial charge in [0.1, 0.15) is 6.04 Å². The Morgan fingerprint density at radius 3 is 2.45 bits per heavy atom. The van der Waals surface area contributed by atoms with Gasteiger partial charge in [-0.1, -0.05) is 12.1 Å². The van der Waals surface area contributed by atoms with E-state index < -0.39 is 0 Å². The number of aryl methyl sites for hydroxylation is 2. The molecule has 7 nitrogen and oxygen atoms in total. The predicted molar refractivity (Wildman–Crippen MR) is 110 cm³/mol. The van der Waals surface area contributed by atoms with Crippen molar-refractivity contribution in [2.45, 2.75) is 32.4 Å². The third-order valence-corrected chi connectivity index (χ3v) is 5.92. The summed E-state index contributed by atoms with van der Waals surface area (Å²) in [4.78, 5) is 33.5. The second kappa shape index (κ2) is 8.31. The van der Waals surface area contributed by atoms with Crippen LogP contribution in [0.1, 0.15) is 39.5 Å². The number of nitrogens with one attached hydrogen (secondary N) is 2. The van der Waals surface area contributed by atoms with Crippen molar-refractivity contribution in [3.63, 3.8) is 0 Å². The van der Waals surface area contributed by atoms with E-state index in [9.17, 15) is 9.59 Å². The molecule has 2 N–H and O–H groups in total. The minimum Gasteiger partial charge on any atom is -0.338 e. The fraction of sp³-hybridized carbons (Fsp3) is 0.409. The van der Waals surface area contributed by atoms with Crippen LogP contribution in [0.3, 0.4) is 0 Å². The van der Waals surface area contributed by atoms with Gasteiger partial charge in [0, 0.05) is 50.2 Å². The molecule has 2 fully saturated rings. The van der Waals surface area contributed by atoms with E-state index in [0.29, 0.717) is 38.2 Å².